The van der Waals surface area contributed by atoms with Gasteiger partial charge in [0.25, 0.3) is 0 Å². The number of aryl methyl sites for hydroxylation is 1. The Bertz CT molecular complexity index is 392. The Hall–Kier alpha value is -0.430. The lowest BCUT2D eigenvalue weighted by Crippen LogP contribution is -2.46. The van der Waals surface area contributed by atoms with E-state index in [-0.39, 0.29) is 24.8 Å². The summed E-state index contributed by atoms with van der Waals surface area (Å²) < 4.78 is 43.4. The fourth-order valence-electron chi connectivity index (χ4n) is 2.26. The molecule has 1 saturated heterocycles. The molecule has 0 aromatic carbocycles. The van der Waals surface area contributed by atoms with Crippen molar-refractivity contribution in [2.75, 3.05) is 26.2 Å². The zero-order chi connectivity index (χ0) is 13.2. The summed E-state index contributed by atoms with van der Waals surface area (Å²) >= 11 is 0. The van der Waals surface area contributed by atoms with Gasteiger partial charge in [0, 0.05) is 26.2 Å². The van der Waals surface area contributed by atoms with Gasteiger partial charge in [0.1, 0.15) is 11.5 Å². The molecule has 0 radical (unpaired) electrons. The van der Waals surface area contributed by atoms with Crippen molar-refractivity contribution >= 4 is 24.8 Å². The first-order chi connectivity index (χ1) is 8.46. The van der Waals surface area contributed by atoms with E-state index < -0.39 is 18.6 Å². The first-order valence-corrected chi connectivity index (χ1v) is 6.03. The van der Waals surface area contributed by atoms with E-state index in [4.69, 9.17) is 4.42 Å². The van der Waals surface area contributed by atoms with Gasteiger partial charge in [0.15, 0.2) is 0 Å². The molecular weight excluding hydrogens is 316 g/mol. The normalized spacial score (nSPS) is 18.0. The minimum absolute atomic E-state index is 0. The van der Waals surface area contributed by atoms with E-state index in [2.05, 4.69) is 5.32 Å². The molecule has 3 nitrogen and oxygen atoms in total. The maximum absolute atomic E-state index is 12.7. The number of rotatable bonds is 3. The summed E-state index contributed by atoms with van der Waals surface area (Å²) in [5.41, 5.74) is 0. The third-order valence-electron chi connectivity index (χ3n) is 3.11. The number of halogens is 5. The van der Waals surface area contributed by atoms with Crippen LogP contribution in [0.1, 0.15) is 24.0 Å². The molecule has 2 rings (SSSR count). The number of alkyl halides is 3. The van der Waals surface area contributed by atoms with E-state index in [0.717, 1.165) is 0 Å². The zero-order valence-corrected chi connectivity index (χ0v) is 12.7. The predicted octanol–water partition coefficient (Wildman–Crippen LogP) is 3.33. The molecule has 0 bridgehead atoms. The molecule has 118 valence electrons. The number of nitrogens with one attached hydrogen (secondary N) is 1. The molecule has 0 saturated carbocycles. The molecule has 8 heteroatoms. The molecule has 1 atom stereocenters. The van der Waals surface area contributed by atoms with Crippen molar-refractivity contribution in [3.05, 3.63) is 23.7 Å². The molecule has 20 heavy (non-hydrogen) atoms. The van der Waals surface area contributed by atoms with E-state index in [9.17, 15) is 13.2 Å². The lowest BCUT2D eigenvalue weighted by molar-refractivity contribution is -0.150. The van der Waals surface area contributed by atoms with Crippen molar-refractivity contribution in [1.29, 1.82) is 0 Å². The van der Waals surface area contributed by atoms with Gasteiger partial charge < -0.3 is 9.73 Å². The first kappa shape index (κ1) is 19.6. The van der Waals surface area contributed by atoms with Crippen LogP contribution >= 0.6 is 24.8 Å². The summed E-state index contributed by atoms with van der Waals surface area (Å²) in [5, 5.41) is 3.14. The second-order valence-electron chi connectivity index (χ2n) is 4.57. The standard InChI is InChI=1S/C12H17F3N2O.2ClH/c1-9-2-3-11(18-9)10(8-12(13,14)15)17-6-4-16-5-7-17;;/h2-3,10,16H,4-8H2,1H3;2*1H/t10-;;/m0../s1. The lowest BCUT2D eigenvalue weighted by Gasteiger charge is -2.34. The molecule has 1 aliphatic rings. The van der Waals surface area contributed by atoms with Gasteiger partial charge in [0.05, 0.1) is 12.5 Å². The van der Waals surface area contributed by atoms with E-state index >= 15 is 0 Å². The van der Waals surface area contributed by atoms with Crippen LogP contribution in [0.25, 0.3) is 0 Å². The third-order valence-corrected chi connectivity index (χ3v) is 3.11. The van der Waals surface area contributed by atoms with Crippen LogP contribution in [0.4, 0.5) is 13.2 Å². The maximum Gasteiger partial charge on any atom is 0.391 e. The number of hydrogen-bond donors (Lipinski definition) is 1. The highest BCUT2D eigenvalue weighted by atomic mass is 35.5. The van der Waals surface area contributed by atoms with Crippen molar-refractivity contribution in [3.8, 4) is 0 Å². The summed E-state index contributed by atoms with van der Waals surface area (Å²) in [5.74, 6) is 1.05. The molecule has 0 amide bonds. The Kier molecular flexibility index (Phi) is 7.95. The van der Waals surface area contributed by atoms with Crippen molar-refractivity contribution in [2.24, 2.45) is 0 Å². The summed E-state index contributed by atoms with van der Waals surface area (Å²) in [6.07, 6.45) is -5.05. The predicted molar refractivity (Wildman–Crippen MR) is 75.8 cm³/mol. The van der Waals surface area contributed by atoms with Crippen LogP contribution in [0.3, 0.4) is 0 Å². The van der Waals surface area contributed by atoms with Crippen LogP contribution in [0.15, 0.2) is 16.5 Å². The highest BCUT2D eigenvalue weighted by molar-refractivity contribution is 5.85. The third kappa shape index (κ3) is 5.52. The summed E-state index contributed by atoms with van der Waals surface area (Å²) in [4.78, 5) is 1.84. The quantitative estimate of drug-likeness (QED) is 0.919. The second kappa shape index (κ2) is 8.12. The topological polar surface area (TPSA) is 28.4 Å². The zero-order valence-electron chi connectivity index (χ0n) is 11.1. The van der Waals surface area contributed by atoms with E-state index in [0.29, 0.717) is 37.7 Å². The fourth-order valence-corrected chi connectivity index (χ4v) is 2.26. The van der Waals surface area contributed by atoms with Crippen LogP contribution in [-0.4, -0.2) is 37.3 Å². The molecule has 2 heterocycles. The Balaban J connectivity index is 0.00000180. The SMILES string of the molecule is Cc1ccc([C@H](CC(F)(F)F)N2CCNCC2)o1.Cl.Cl. The summed E-state index contributed by atoms with van der Waals surface area (Å²) in [6, 6.07) is 2.65. The Labute approximate surface area is 128 Å². The van der Waals surface area contributed by atoms with Crippen LogP contribution in [0, 0.1) is 6.92 Å². The van der Waals surface area contributed by atoms with Crippen molar-refractivity contribution in [3.63, 3.8) is 0 Å². The van der Waals surface area contributed by atoms with Crippen LogP contribution in [0.5, 0.6) is 0 Å². The molecule has 0 aliphatic carbocycles. The number of furan rings is 1. The maximum atomic E-state index is 12.7. The van der Waals surface area contributed by atoms with Crippen LogP contribution in [0.2, 0.25) is 0 Å². The smallest absolute Gasteiger partial charge is 0.391 e. The second-order valence-corrected chi connectivity index (χ2v) is 4.57. The minimum atomic E-state index is -4.18. The fraction of sp³-hybridized carbons (Fsp3) is 0.667. The highest BCUT2D eigenvalue weighted by Crippen LogP contribution is 2.34. The van der Waals surface area contributed by atoms with Crippen molar-refractivity contribution < 1.29 is 17.6 Å². The van der Waals surface area contributed by atoms with Gasteiger partial charge in [-0.25, -0.2) is 0 Å². The molecule has 1 fully saturated rings. The molecule has 1 N–H and O–H groups in total. The number of piperazine rings is 1. The van der Waals surface area contributed by atoms with E-state index in [1.807, 2.05) is 4.90 Å². The van der Waals surface area contributed by atoms with Crippen molar-refractivity contribution in [2.45, 2.75) is 25.6 Å². The highest BCUT2D eigenvalue weighted by Gasteiger charge is 2.37. The average Bonchev–Trinajstić information content (AvgIpc) is 2.73. The molecule has 1 aliphatic heterocycles. The Morgan fingerprint density at radius 2 is 1.85 bits per heavy atom. The minimum Gasteiger partial charge on any atom is -0.465 e. The Morgan fingerprint density at radius 1 is 1.25 bits per heavy atom. The largest absolute Gasteiger partial charge is 0.465 e. The van der Waals surface area contributed by atoms with Gasteiger partial charge in [-0.2, -0.15) is 13.2 Å². The van der Waals surface area contributed by atoms with Gasteiger partial charge >= 0.3 is 6.18 Å². The first-order valence-electron chi connectivity index (χ1n) is 6.03. The van der Waals surface area contributed by atoms with Crippen LogP contribution < -0.4 is 5.32 Å². The van der Waals surface area contributed by atoms with E-state index in [1.165, 1.54) is 0 Å². The van der Waals surface area contributed by atoms with Gasteiger partial charge in [0.2, 0.25) is 0 Å². The molecule has 1 aromatic heterocycles. The van der Waals surface area contributed by atoms with Gasteiger partial charge in [-0.15, -0.1) is 24.8 Å². The Morgan fingerprint density at radius 3 is 2.30 bits per heavy atom. The summed E-state index contributed by atoms with van der Waals surface area (Å²) in [6.45, 7) is 4.40. The van der Waals surface area contributed by atoms with Gasteiger partial charge in [-0.05, 0) is 19.1 Å². The average molecular weight is 335 g/mol. The molecule has 0 unspecified atom stereocenters. The molecular formula is C12H19Cl2F3N2O. The van der Waals surface area contributed by atoms with E-state index in [1.54, 1.807) is 19.1 Å². The van der Waals surface area contributed by atoms with Gasteiger partial charge in [-0.1, -0.05) is 0 Å². The van der Waals surface area contributed by atoms with Crippen molar-refractivity contribution in [1.82, 2.24) is 10.2 Å². The summed E-state index contributed by atoms with van der Waals surface area (Å²) in [7, 11) is 0. The lowest BCUT2D eigenvalue weighted by atomic mass is 10.1. The molecule has 0 spiro atoms. The number of hydrogen-bond acceptors (Lipinski definition) is 3. The monoisotopic (exact) mass is 334 g/mol. The number of nitrogens with zero attached hydrogens (tertiary/aromatic N) is 1. The molecule has 1 aromatic rings. The van der Waals surface area contributed by atoms with Crippen LogP contribution in [-0.2, 0) is 0 Å². The van der Waals surface area contributed by atoms with Gasteiger partial charge in [-0.3, -0.25) is 4.90 Å².